The zero-order valence-corrected chi connectivity index (χ0v) is 19.7. The number of fused-ring (bicyclic) bond motifs is 1. The summed E-state index contributed by atoms with van der Waals surface area (Å²) in [6.07, 6.45) is 4.00. The van der Waals surface area contributed by atoms with Crippen LogP contribution in [-0.4, -0.2) is 45.2 Å². The number of carbonyl (C=O) groups excluding carboxylic acids is 1. The minimum atomic E-state index is -0.192. The van der Waals surface area contributed by atoms with Crippen molar-refractivity contribution in [2.24, 2.45) is 0 Å². The Balaban J connectivity index is 1.32. The molecule has 0 saturated heterocycles. The van der Waals surface area contributed by atoms with Crippen molar-refractivity contribution in [3.8, 4) is 0 Å². The van der Waals surface area contributed by atoms with Gasteiger partial charge in [0.15, 0.2) is 5.82 Å². The largest absolute Gasteiger partial charge is 0.346 e. The number of benzene rings is 2. The van der Waals surface area contributed by atoms with Crippen molar-refractivity contribution in [2.75, 3.05) is 19.6 Å². The molecule has 0 radical (unpaired) electrons. The smallest absolute Gasteiger partial charge is 0.220 e. The zero-order chi connectivity index (χ0) is 23.0. The van der Waals surface area contributed by atoms with Gasteiger partial charge in [0, 0.05) is 44.1 Å². The standard InChI is InChI=1S/C26H30ClN5O/c1-20(28-25(33)13-12-21-8-4-2-5-9-21)26-30-29-24-14-15-31(16-17-32(24)26)19-23(27)18-22-10-6-3-7-11-22/h2-11,18,20H,12-17,19H2,1H3,(H,28,33)/b23-18-/t20-/m1/s1. The molecule has 3 aromatic rings. The molecular formula is C26H30ClN5O. The number of rotatable bonds is 8. The molecule has 1 aliphatic heterocycles. The molecule has 1 N–H and O–H groups in total. The molecule has 1 atom stereocenters. The van der Waals surface area contributed by atoms with Crippen LogP contribution >= 0.6 is 11.6 Å². The Hall–Kier alpha value is -2.96. The lowest BCUT2D eigenvalue weighted by Crippen LogP contribution is -2.30. The van der Waals surface area contributed by atoms with Crippen LogP contribution in [0, 0.1) is 0 Å². The summed E-state index contributed by atoms with van der Waals surface area (Å²) in [6.45, 7) is 5.17. The molecule has 1 aromatic heterocycles. The van der Waals surface area contributed by atoms with Gasteiger partial charge in [-0.2, -0.15) is 0 Å². The van der Waals surface area contributed by atoms with Crippen molar-refractivity contribution < 1.29 is 4.79 Å². The molecule has 6 nitrogen and oxygen atoms in total. The number of halogens is 1. The van der Waals surface area contributed by atoms with E-state index in [1.165, 1.54) is 0 Å². The predicted molar refractivity (Wildman–Crippen MR) is 132 cm³/mol. The second-order valence-electron chi connectivity index (χ2n) is 8.43. The van der Waals surface area contributed by atoms with Crippen molar-refractivity contribution in [3.63, 3.8) is 0 Å². The molecule has 2 aromatic carbocycles. The highest BCUT2D eigenvalue weighted by Gasteiger charge is 2.23. The monoisotopic (exact) mass is 463 g/mol. The number of carbonyl (C=O) groups is 1. The van der Waals surface area contributed by atoms with Crippen LogP contribution in [0.25, 0.3) is 6.08 Å². The fraction of sp³-hybridized carbons (Fsp3) is 0.346. The third-order valence-corrected chi connectivity index (χ3v) is 6.12. The minimum absolute atomic E-state index is 0.0248. The number of hydrogen-bond donors (Lipinski definition) is 1. The summed E-state index contributed by atoms with van der Waals surface area (Å²) >= 11 is 6.54. The van der Waals surface area contributed by atoms with Gasteiger partial charge in [-0.25, -0.2) is 0 Å². The second-order valence-corrected chi connectivity index (χ2v) is 8.91. The third-order valence-electron chi connectivity index (χ3n) is 5.89. The normalized spacial score (nSPS) is 15.5. The molecule has 4 rings (SSSR count). The van der Waals surface area contributed by atoms with Crippen LogP contribution in [0.4, 0.5) is 0 Å². The molecule has 7 heteroatoms. The Morgan fingerprint density at radius 3 is 2.55 bits per heavy atom. The first kappa shape index (κ1) is 23.2. The Bertz CT molecular complexity index is 1080. The number of hydrogen-bond acceptors (Lipinski definition) is 4. The van der Waals surface area contributed by atoms with Crippen LogP contribution in [-0.2, 0) is 24.2 Å². The van der Waals surface area contributed by atoms with Gasteiger partial charge in [-0.05, 0) is 30.5 Å². The second kappa shape index (κ2) is 11.3. The Labute approximate surface area is 200 Å². The van der Waals surface area contributed by atoms with Crippen molar-refractivity contribution >= 4 is 23.6 Å². The van der Waals surface area contributed by atoms with Gasteiger partial charge >= 0.3 is 0 Å². The minimum Gasteiger partial charge on any atom is -0.346 e. The Kier molecular flexibility index (Phi) is 7.92. The maximum atomic E-state index is 12.5. The summed E-state index contributed by atoms with van der Waals surface area (Å²) in [7, 11) is 0. The molecule has 2 heterocycles. The van der Waals surface area contributed by atoms with E-state index in [0.717, 1.165) is 60.3 Å². The number of nitrogens with zero attached hydrogens (tertiary/aromatic N) is 4. The molecule has 1 aliphatic rings. The summed E-state index contributed by atoms with van der Waals surface area (Å²) in [6, 6.07) is 20.0. The van der Waals surface area contributed by atoms with Crippen molar-refractivity contribution in [2.45, 2.75) is 38.8 Å². The van der Waals surface area contributed by atoms with Gasteiger partial charge in [-0.3, -0.25) is 9.69 Å². The first-order chi connectivity index (χ1) is 16.1. The first-order valence-corrected chi connectivity index (χ1v) is 11.8. The average Bonchev–Trinajstić information content (AvgIpc) is 3.13. The molecule has 1 amide bonds. The molecule has 0 bridgehead atoms. The van der Waals surface area contributed by atoms with Crippen LogP contribution in [0.1, 0.15) is 42.2 Å². The molecule has 0 fully saturated rings. The Morgan fingerprint density at radius 2 is 1.79 bits per heavy atom. The summed E-state index contributed by atoms with van der Waals surface area (Å²) < 4.78 is 2.15. The van der Waals surface area contributed by atoms with E-state index in [-0.39, 0.29) is 11.9 Å². The van der Waals surface area contributed by atoms with E-state index in [1.54, 1.807) is 0 Å². The summed E-state index contributed by atoms with van der Waals surface area (Å²) in [5.41, 5.74) is 2.27. The molecule has 0 unspecified atom stereocenters. The van der Waals surface area contributed by atoms with Crippen LogP contribution in [0.5, 0.6) is 0 Å². The fourth-order valence-electron chi connectivity index (χ4n) is 4.14. The third kappa shape index (κ3) is 6.53. The average molecular weight is 464 g/mol. The van der Waals surface area contributed by atoms with E-state index in [2.05, 4.69) is 25.0 Å². The zero-order valence-electron chi connectivity index (χ0n) is 19.0. The molecule has 0 spiro atoms. The number of aromatic nitrogens is 3. The van der Waals surface area contributed by atoms with Gasteiger partial charge in [0.05, 0.1) is 6.04 Å². The fourth-order valence-corrected chi connectivity index (χ4v) is 4.43. The van der Waals surface area contributed by atoms with E-state index >= 15 is 0 Å². The molecule has 0 aliphatic carbocycles. The summed E-state index contributed by atoms with van der Waals surface area (Å²) in [5, 5.41) is 12.7. The lowest BCUT2D eigenvalue weighted by Gasteiger charge is -2.20. The van der Waals surface area contributed by atoms with Crippen molar-refractivity contribution in [1.82, 2.24) is 25.0 Å². The summed E-state index contributed by atoms with van der Waals surface area (Å²) in [5.74, 6) is 1.80. The van der Waals surface area contributed by atoms with Gasteiger partial charge in [-0.15, -0.1) is 10.2 Å². The first-order valence-electron chi connectivity index (χ1n) is 11.5. The molecular weight excluding hydrogens is 434 g/mol. The van der Waals surface area contributed by atoms with Crippen LogP contribution in [0.3, 0.4) is 0 Å². The van der Waals surface area contributed by atoms with Gasteiger partial charge < -0.3 is 9.88 Å². The maximum absolute atomic E-state index is 12.5. The van der Waals surface area contributed by atoms with E-state index in [0.29, 0.717) is 13.0 Å². The lowest BCUT2D eigenvalue weighted by molar-refractivity contribution is -0.121. The van der Waals surface area contributed by atoms with Crippen molar-refractivity contribution in [3.05, 3.63) is 88.5 Å². The van der Waals surface area contributed by atoms with Crippen LogP contribution < -0.4 is 5.32 Å². The summed E-state index contributed by atoms with van der Waals surface area (Å²) in [4.78, 5) is 14.8. The number of aryl methyl sites for hydroxylation is 1. The lowest BCUT2D eigenvalue weighted by atomic mass is 10.1. The topological polar surface area (TPSA) is 63.1 Å². The van der Waals surface area contributed by atoms with Gasteiger partial charge in [0.1, 0.15) is 5.82 Å². The van der Waals surface area contributed by atoms with E-state index < -0.39 is 0 Å². The highest BCUT2D eigenvalue weighted by atomic mass is 35.5. The van der Waals surface area contributed by atoms with Crippen LogP contribution in [0.15, 0.2) is 65.7 Å². The SMILES string of the molecule is C[C@@H](NC(=O)CCc1ccccc1)c1nnc2n1CCN(C/C(Cl)=C/c1ccccc1)CC2. The quantitative estimate of drug-likeness (QED) is 0.543. The van der Waals surface area contributed by atoms with Gasteiger partial charge in [-0.1, -0.05) is 72.3 Å². The molecule has 0 saturated carbocycles. The highest BCUT2D eigenvalue weighted by Crippen LogP contribution is 2.18. The highest BCUT2D eigenvalue weighted by molar-refractivity contribution is 6.31. The Morgan fingerprint density at radius 1 is 1.06 bits per heavy atom. The van der Waals surface area contributed by atoms with E-state index in [9.17, 15) is 4.79 Å². The van der Waals surface area contributed by atoms with E-state index in [1.807, 2.05) is 73.7 Å². The van der Waals surface area contributed by atoms with Crippen molar-refractivity contribution in [1.29, 1.82) is 0 Å². The molecule has 172 valence electrons. The molecule has 33 heavy (non-hydrogen) atoms. The van der Waals surface area contributed by atoms with Crippen LogP contribution in [0.2, 0.25) is 0 Å². The van der Waals surface area contributed by atoms with Gasteiger partial charge in [0.25, 0.3) is 0 Å². The van der Waals surface area contributed by atoms with Gasteiger partial charge in [0.2, 0.25) is 5.91 Å². The predicted octanol–water partition coefficient (Wildman–Crippen LogP) is 4.23. The number of amides is 1. The van der Waals surface area contributed by atoms with E-state index in [4.69, 9.17) is 11.6 Å². The maximum Gasteiger partial charge on any atom is 0.220 e. The number of nitrogens with one attached hydrogen (secondary N) is 1.